The number of ether oxygens (including phenoxy) is 1. The smallest absolute Gasteiger partial charge is 0.254 e. The van der Waals surface area contributed by atoms with Gasteiger partial charge < -0.3 is 14.5 Å². The fourth-order valence-corrected chi connectivity index (χ4v) is 4.21. The van der Waals surface area contributed by atoms with Gasteiger partial charge in [-0.1, -0.05) is 24.3 Å². The first-order valence-electron chi connectivity index (χ1n) is 9.23. The van der Waals surface area contributed by atoms with Crippen molar-refractivity contribution in [3.05, 3.63) is 42.0 Å². The topological polar surface area (TPSA) is 49.9 Å². The number of nitrogens with zero attached hydrogens (tertiary/aromatic N) is 2. The molecule has 4 rings (SSSR count). The Morgan fingerprint density at radius 3 is 2.46 bits per heavy atom. The van der Waals surface area contributed by atoms with Crippen LogP contribution in [0.25, 0.3) is 10.8 Å². The maximum absolute atomic E-state index is 13.1. The molecule has 2 aromatic rings. The van der Waals surface area contributed by atoms with E-state index >= 15 is 0 Å². The van der Waals surface area contributed by atoms with E-state index < -0.39 is 0 Å². The molecule has 0 bridgehead atoms. The first-order valence-corrected chi connectivity index (χ1v) is 9.23. The summed E-state index contributed by atoms with van der Waals surface area (Å²) in [5.41, 5.74) is 0.673. The summed E-state index contributed by atoms with van der Waals surface area (Å²) in [6.45, 7) is 6.95. The number of amides is 2. The SMILES string of the molecule is CC(C)Oc1cc(C(=O)N2C[C@@H]3CN(C=O)C[C@H]3C2)cc2ccccc12. The summed E-state index contributed by atoms with van der Waals surface area (Å²) in [5.74, 6) is 1.61. The first kappa shape index (κ1) is 16.9. The molecule has 136 valence electrons. The van der Waals surface area contributed by atoms with E-state index in [0.29, 0.717) is 17.4 Å². The van der Waals surface area contributed by atoms with E-state index in [2.05, 4.69) is 0 Å². The molecule has 2 fully saturated rings. The third-order valence-corrected chi connectivity index (χ3v) is 5.38. The Morgan fingerprint density at radius 1 is 1.12 bits per heavy atom. The van der Waals surface area contributed by atoms with E-state index in [4.69, 9.17) is 4.74 Å². The lowest BCUT2D eigenvalue weighted by molar-refractivity contribution is -0.117. The Hall–Kier alpha value is -2.56. The van der Waals surface area contributed by atoms with Gasteiger partial charge in [0.15, 0.2) is 0 Å². The lowest BCUT2D eigenvalue weighted by Gasteiger charge is -2.21. The summed E-state index contributed by atoms with van der Waals surface area (Å²) in [6.07, 6.45) is 0.966. The number of carbonyl (C=O) groups excluding carboxylic acids is 2. The average Bonchev–Trinajstić information content (AvgIpc) is 3.19. The van der Waals surface area contributed by atoms with Crippen molar-refractivity contribution in [3.63, 3.8) is 0 Å². The van der Waals surface area contributed by atoms with Crippen LogP contribution in [0.3, 0.4) is 0 Å². The van der Waals surface area contributed by atoms with Crippen molar-refractivity contribution >= 4 is 23.1 Å². The molecule has 5 nitrogen and oxygen atoms in total. The van der Waals surface area contributed by atoms with Gasteiger partial charge in [-0.15, -0.1) is 0 Å². The maximum atomic E-state index is 13.1. The summed E-state index contributed by atoms with van der Waals surface area (Å²) in [4.78, 5) is 27.8. The summed E-state index contributed by atoms with van der Waals surface area (Å²) < 4.78 is 5.97. The summed E-state index contributed by atoms with van der Waals surface area (Å²) >= 11 is 0. The zero-order chi connectivity index (χ0) is 18.3. The molecule has 2 saturated heterocycles. The standard InChI is InChI=1S/C21H24N2O3/c1-14(2)26-20-8-16(7-15-5-3-4-6-19(15)20)21(25)23-11-17-9-22(13-24)10-18(17)12-23/h3-8,13-14,17-18H,9-12H2,1-2H3/t17-,18-/m0/s1. The fraction of sp³-hybridized carbons (Fsp3) is 0.429. The van der Waals surface area contributed by atoms with Crippen molar-refractivity contribution < 1.29 is 14.3 Å². The average molecular weight is 352 g/mol. The van der Waals surface area contributed by atoms with Crippen LogP contribution in [0.4, 0.5) is 0 Å². The maximum Gasteiger partial charge on any atom is 0.254 e. The number of rotatable bonds is 4. The molecular formula is C21H24N2O3. The Kier molecular flexibility index (Phi) is 4.31. The number of fused-ring (bicyclic) bond motifs is 2. The normalized spacial score (nSPS) is 22.1. The highest BCUT2D eigenvalue weighted by Gasteiger charge is 2.41. The van der Waals surface area contributed by atoms with Crippen LogP contribution in [0.2, 0.25) is 0 Å². The molecule has 0 N–H and O–H groups in total. The highest BCUT2D eigenvalue weighted by molar-refractivity contribution is 6.01. The molecule has 2 aliphatic rings. The second-order valence-corrected chi connectivity index (χ2v) is 7.65. The van der Waals surface area contributed by atoms with Gasteiger partial charge >= 0.3 is 0 Å². The minimum absolute atomic E-state index is 0.0456. The van der Waals surface area contributed by atoms with Gasteiger partial charge in [-0.3, -0.25) is 9.59 Å². The molecule has 5 heteroatoms. The molecule has 0 unspecified atom stereocenters. The van der Waals surface area contributed by atoms with E-state index in [-0.39, 0.29) is 12.0 Å². The zero-order valence-corrected chi connectivity index (χ0v) is 15.2. The Balaban J connectivity index is 1.60. The van der Waals surface area contributed by atoms with Crippen LogP contribution in [-0.2, 0) is 4.79 Å². The highest BCUT2D eigenvalue weighted by Crippen LogP contribution is 2.33. The molecule has 2 amide bonds. The van der Waals surface area contributed by atoms with Crippen molar-refractivity contribution in [3.8, 4) is 5.75 Å². The second-order valence-electron chi connectivity index (χ2n) is 7.65. The quantitative estimate of drug-likeness (QED) is 0.795. The van der Waals surface area contributed by atoms with Gasteiger partial charge in [0, 0.05) is 49.0 Å². The van der Waals surface area contributed by atoms with Gasteiger partial charge in [-0.2, -0.15) is 0 Å². The van der Waals surface area contributed by atoms with Crippen LogP contribution < -0.4 is 4.74 Å². The van der Waals surface area contributed by atoms with Crippen LogP contribution in [-0.4, -0.2) is 54.4 Å². The van der Waals surface area contributed by atoms with E-state index in [1.807, 2.05) is 60.0 Å². The molecule has 2 aliphatic heterocycles. The highest BCUT2D eigenvalue weighted by atomic mass is 16.5. The first-order chi connectivity index (χ1) is 12.5. The van der Waals surface area contributed by atoms with Gasteiger partial charge in [0.1, 0.15) is 5.75 Å². The third-order valence-electron chi connectivity index (χ3n) is 5.38. The molecule has 0 saturated carbocycles. The van der Waals surface area contributed by atoms with Crippen LogP contribution in [0.5, 0.6) is 5.75 Å². The minimum atomic E-state index is 0.0456. The van der Waals surface area contributed by atoms with Crippen molar-refractivity contribution in [2.45, 2.75) is 20.0 Å². The summed E-state index contributed by atoms with van der Waals surface area (Å²) in [5, 5.41) is 2.04. The molecule has 2 aromatic carbocycles. The van der Waals surface area contributed by atoms with Gasteiger partial charge in [0.25, 0.3) is 5.91 Å². The van der Waals surface area contributed by atoms with E-state index in [1.165, 1.54) is 0 Å². The molecular weight excluding hydrogens is 328 g/mol. The lowest BCUT2D eigenvalue weighted by atomic mass is 10.0. The van der Waals surface area contributed by atoms with Gasteiger partial charge in [0.2, 0.25) is 6.41 Å². The zero-order valence-electron chi connectivity index (χ0n) is 15.2. The monoisotopic (exact) mass is 352 g/mol. The van der Waals surface area contributed by atoms with Crippen LogP contribution >= 0.6 is 0 Å². The van der Waals surface area contributed by atoms with Crippen LogP contribution in [0, 0.1) is 11.8 Å². The number of benzene rings is 2. The van der Waals surface area contributed by atoms with Gasteiger partial charge in [0.05, 0.1) is 6.10 Å². The lowest BCUT2D eigenvalue weighted by Crippen LogP contribution is -2.33. The predicted molar refractivity (Wildman–Crippen MR) is 100 cm³/mol. The summed E-state index contributed by atoms with van der Waals surface area (Å²) in [7, 11) is 0. The fourth-order valence-electron chi connectivity index (χ4n) is 4.21. The third kappa shape index (κ3) is 3.02. The minimum Gasteiger partial charge on any atom is -0.490 e. The molecule has 0 aliphatic carbocycles. The number of likely N-dealkylation sites (tertiary alicyclic amines) is 2. The van der Waals surface area contributed by atoms with Crippen molar-refractivity contribution in [1.82, 2.24) is 9.80 Å². The van der Waals surface area contributed by atoms with E-state index in [1.54, 1.807) is 0 Å². The van der Waals surface area contributed by atoms with Crippen molar-refractivity contribution in [1.29, 1.82) is 0 Å². The molecule has 2 heterocycles. The Labute approximate surface area is 153 Å². The Morgan fingerprint density at radius 2 is 1.81 bits per heavy atom. The van der Waals surface area contributed by atoms with Gasteiger partial charge in [-0.25, -0.2) is 0 Å². The van der Waals surface area contributed by atoms with E-state index in [0.717, 1.165) is 49.1 Å². The predicted octanol–water partition coefficient (Wildman–Crippen LogP) is 2.79. The molecule has 0 spiro atoms. The van der Waals surface area contributed by atoms with Crippen molar-refractivity contribution in [2.24, 2.45) is 11.8 Å². The molecule has 26 heavy (non-hydrogen) atoms. The molecule has 0 aromatic heterocycles. The van der Waals surface area contributed by atoms with Crippen LogP contribution in [0.1, 0.15) is 24.2 Å². The number of carbonyl (C=O) groups is 2. The van der Waals surface area contributed by atoms with Crippen LogP contribution in [0.15, 0.2) is 36.4 Å². The Bertz CT molecular complexity index is 834. The van der Waals surface area contributed by atoms with E-state index in [9.17, 15) is 9.59 Å². The number of hydrogen-bond donors (Lipinski definition) is 0. The summed E-state index contributed by atoms with van der Waals surface area (Å²) in [6, 6.07) is 11.8. The van der Waals surface area contributed by atoms with Crippen molar-refractivity contribution in [2.75, 3.05) is 26.2 Å². The number of hydrogen-bond acceptors (Lipinski definition) is 3. The molecule has 0 radical (unpaired) electrons. The molecule has 2 atom stereocenters. The largest absolute Gasteiger partial charge is 0.490 e. The van der Waals surface area contributed by atoms with Gasteiger partial charge in [-0.05, 0) is 31.4 Å². The second kappa shape index (κ2) is 6.63.